The van der Waals surface area contributed by atoms with E-state index in [1.807, 2.05) is 49.4 Å². The van der Waals surface area contributed by atoms with Crippen molar-refractivity contribution in [1.29, 1.82) is 0 Å². The Bertz CT molecular complexity index is 1400. The van der Waals surface area contributed by atoms with Gasteiger partial charge in [0.2, 0.25) is 0 Å². The zero-order valence-electron chi connectivity index (χ0n) is 20.7. The molecule has 37 heavy (non-hydrogen) atoms. The van der Waals surface area contributed by atoms with E-state index >= 15 is 0 Å². The Balaban J connectivity index is 1.76. The van der Waals surface area contributed by atoms with Crippen molar-refractivity contribution < 1.29 is 19.1 Å². The summed E-state index contributed by atoms with van der Waals surface area (Å²) in [5, 5.41) is 20.2. The summed E-state index contributed by atoms with van der Waals surface area (Å²) in [7, 11) is 0. The van der Waals surface area contributed by atoms with E-state index in [1.54, 1.807) is 12.1 Å². The molecule has 4 aromatic rings. The van der Waals surface area contributed by atoms with Gasteiger partial charge in [-0.1, -0.05) is 49.2 Å². The number of benzene rings is 3. The number of hydrogen-bond donors (Lipinski definition) is 3. The molecule has 2 atom stereocenters. The topological polar surface area (TPSA) is 95.1 Å². The minimum absolute atomic E-state index is 0.00233. The molecule has 6 nitrogen and oxygen atoms in total. The molecule has 8 heteroatoms. The van der Waals surface area contributed by atoms with E-state index in [1.165, 1.54) is 6.07 Å². The van der Waals surface area contributed by atoms with Gasteiger partial charge in [-0.15, -0.1) is 0 Å². The Kier molecular flexibility index (Phi) is 8.24. The van der Waals surface area contributed by atoms with Crippen molar-refractivity contribution in [2.24, 2.45) is 0 Å². The average molecular weight is 522 g/mol. The summed E-state index contributed by atoms with van der Waals surface area (Å²) < 4.78 is 14.7. The highest BCUT2D eigenvalue weighted by Crippen LogP contribution is 2.43. The Hall–Kier alpha value is -3.71. The third kappa shape index (κ3) is 6.00. The fraction of sp³-hybridized carbons (Fsp3) is 0.276. The van der Waals surface area contributed by atoms with Gasteiger partial charge < -0.3 is 10.4 Å². The highest BCUT2D eigenvalue weighted by atomic mass is 35.5. The highest BCUT2D eigenvalue weighted by Gasteiger charge is 2.30. The number of fused-ring (bicyclic) bond motifs is 1. The molecule has 0 aliphatic heterocycles. The lowest BCUT2D eigenvalue weighted by molar-refractivity contribution is -0.136. The van der Waals surface area contributed by atoms with Gasteiger partial charge in [-0.25, -0.2) is 4.39 Å². The number of aromatic nitrogens is 2. The van der Waals surface area contributed by atoms with Gasteiger partial charge in [0.1, 0.15) is 5.52 Å². The van der Waals surface area contributed by atoms with Crippen LogP contribution in [0.15, 0.2) is 60.7 Å². The number of nitrogens with zero attached hydrogens (tertiary/aromatic N) is 1. The predicted octanol–water partition coefficient (Wildman–Crippen LogP) is 6.58. The molecule has 0 aliphatic carbocycles. The molecular formula is C29H29ClFN3O3. The zero-order chi connectivity index (χ0) is 26.5. The molecule has 1 aromatic heterocycles. The van der Waals surface area contributed by atoms with Gasteiger partial charge >= 0.3 is 5.97 Å². The van der Waals surface area contributed by atoms with E-state index in [2.05, 4.69) is 22.4 Å². The van der Waals surface area contributed by atoms with Crippen LogP contribution in [0.3, 0.4) is 0 Å². The van der Waals surface area contributed by atoms with Crippen molar-refractivity contribution in [3.8, 4) is 0 Å². The molecule has 1 amide bonds. The number of carbonyl (C=O) groups excluding carboxylic acids is 1. The summed E-state index contributed by atoms with van der Waals surface area (Å²) in [6.07, 6.45) is 1.61. The molecule has 0 saturated heterocycles. The van der Waals surface area contributed by atoms with Crippen LogP contribution in [0, 0.1) is 12.7 Å². The molecule has 0 bridgehead atoms. The van der Waals surface area contributed by atoms with Gasteiger partial charge in [0.05, 0.1) is 12.1 Å². The van der Waals surface area contributed by atoms with E-state index in [0.29, 0.717) is 16.1 Å². The number of amides is 1. The third-order valence-corrected chi connectivity index (χ3v) is 6.81. The fourth-order valence-electron chi connectivity index (χ4n) is 4.84. The third-order valence-electron chi connectivity index (χ3n) is 6.55. The van der Waals surface area contributed by atoms with Crippen molar-refractivity contribution in [3.63, 3.8) is 0 Å². The van der Waals surface area contributed by atoms with Crippen molar-refractivity contribution in [3.05, 3.63) is 99.5 Å². The number of nitrogens with one attached hydrogen (secondary N) is 2. The molecule has 0 spiro atoms. The fourth-order valence-corrected chi connectivity index (χ4v) is 4.97. The first-order valence-electron chi connectivity index (χ1n) is 12.3. The minimum atomic E-state index is -0.965. The van der Waals surface area contributed by atoms with Gasteiger partial charge in [-0.2, -0.15) is 5.10 Å². The number of rotatable bonds is 10. The average Bonchev–Trinajstić information content (AvgIpc) is 3.28. The normalized spacial score (nSPS) is 12.9. The molecular weight excluding hydrogens is 493 g/mol. The number of aliphatic carboxylic acids is 1. The quantitative estimate of drug-likeness (QED) is 0.219. The monoisotopic (exact) mass is 521 g/mol. The van der Waals surface area contributed by atoms with Crippen LogP contribution < -0.4 is 5.32 Å². The summed E-state index contributed by atoms with van der Waals surface area (Å²) in [6, 6.07) is 18.5. The molecule has 0 fully saturated rings. The van der Waals surface area contributed by atoms with Crippen LogP contribution in [-0.2, 0) is 4.79 Å². The summed E-state index contributed by atoms with van der Waals surface area (Å²) in [6.45, 7) is 4.04. The summed E-state index contributed by atoms with van der Waals surface area (Å²) >= 11 is 6.20. The van der Waals surface area contributed by atoms with Gasteiger partial charge in [0.25, 0.3) is 5.91 Å². The van der Waals surface area contributed by atoms with Crippen LogP contribution in [0.2, 0.25) is 5.02 Å². The Morgan fingerprint density at radius 2 is 1.76 bits per heavy atom. The standard InChI is InChI=1S/C29H29ClFN3O3/c1-3-4-22(18-5-7-20(8-6-18)29(37)32-14-13-25(35)36)26(19-9-11-21(30)12-10-19)28-23-15-17(2)16-24(31)27(23)33-34-28/h5-12,15-16,22,26H,3-4,13-14H2,1-2H3,(H,32,37)(H,33,34)(H,35,36). The lowest BCUT2D eigenvalue weighted by atomic mass is 9.76. The second kappa shape index (κ2) is 11.6. The second-order valence-corrected chi connectivity index (χ2v) is 9.66. The number of carbonyl (C=O) groups is 2. The van der Waals surface area contributed by atoms with Gasteiger partial charge in [0, 0.05) is 28.4 Å². The minimum Gasteiger partial charge on any atom is -0.481 e. The molecule has 0 saturated carbocycles. The smallest absolute Gasteiger partial charge is 0.305 e. The van der Waals surface area contributed by atoms with Crippen LogP contribution >= 0.6 is 11.6 Å². The number of carboxylic acid groups (broad SMARTS) is 1. The van der Waals surface area contributed by atoms with E-state index in [4.69, 9.17) is 16.7 Å². The first kappa shape index (κ1) is 26.4. The number of carboxylic acids is 1. The van der Waals surface area contributed by atoms with E-state index in [-0.39, 0.29) is 36.5 Å². The van der Waals surface area contributed by atoms with Crippen molar-refractivity contribution in [2.75, 3.05) is 6.54 Å². The van der Waals surface area contributed by atoms with Gasteiger partial charge in [0.15, 0.2) is 5.82 Å². The van der Waals surface area contributed by atoms with Crippen molar-refractivity contribution in [1.82, 2.24) is 15.5 Å². The van der Waals surface area contributed by atoms with Crippen molar-refractivity contribution in [2.45, 2.75) is 44.9 Å². The Morgan fingerprint density at radius 3 is 2.41 bits per heavy atom. The number of hydrogen-bond acceptors (Lipinski definition) is 3. The molecule has 0 radical (unpaired) electrons. The second-order valence-electron chi connectivity index (χ2n) is 9.23. The number of aryl methyl sites for hydroxylation is 1. The molecule has 1 heterocycles. The summed E-state index contributed by atoms with van der Waals surface area (Å²) in [5.74, 6) is -1.81. The van der Waals surface area contributed by atoms with Gasteiger partial charge in [-0.05, 0) is 72.4 Å². The number of aromatic amines is 1. The molecule has 4 rings (SSSR count). The predicted molar refractivity (Wildman–Crippen MR) is 143 cm³/mol. The largest absolute Gasteiger partial charge is 0.481 e. The first-order valence-corrected chi connectivity index (χ1v) is 12.7. The van der Waals surface area contributed by atoms with Crippen LogP contribution in [0.5, 0.6) is 0 Å². The van der Waals surface area contributed by atoms with E-state index in [9.17, 15) is 14.0 Å². The Labute approximate surface area is 219 Å². The lowest BCUT2D eigenvalue weighted by Crippen LogP contribution is -2.26. The van der Waals surface area contributed by atoms with Crippen LogP contribution in [0.25, 0.3) is 10.9 Å². The van der Waals surface area contributed by atoms with Gasteiger partial charge in [-0.3, -0.25) is 14.7 Å². The lowest BCUT2D eigenvalue weighted by Gasteiger charge is -2.28. The van der Waals surface area contributed by atoms with E-state index < -0.39 is 5.97 Å². The number of H-pyrrole nitrogens is 1. The van der Waals surface area contributed by atoms with E-state index in [0.717, 1.165) is 40.6 Å². The number of halogens is 2. The Morgan fingerprint density at radius 1 is 1.08 bits per heavy atom. The van der Waals surface area contributed by atoms with Crippen LogP contribution in [0.4, 0.5) is 4.39 Å². The maximum Gasteiger partial charge on any atom is 0.305 e. The molecule has 0 aliphatic rings. The first-order chi connectivity index (χ1) is 17.8. The van der Waals surface area contributed by atoms with Crippen molar-refractivity contribution >= 4 is 34.4 Å². The molecule has 3 aromatic carbocycles. The summed E-state index contributed by atoms with van der Waals surface area (Å²) in [5.41, 5.74) is 4.45. The molecule has 192 valence electrons. The van der Waals surface area contributed by atoms with Crippen LogP contribution in [-0.4, -0.2) is 33.7 Å². The summed E-state index contributed by atoms with van der Waals surface area (Å²) in [4.78, 5) is 23.2. The molecule has 2 unspecified atom stereocenters. The SMILES string of the molecule is CCCC(c1ccc(C(=O)NCCC(=O)O)cc1)C(c1ccc(Cl)cc1)c1[nH]nc2c(F)cc(C)cc12. The maximum absolute atomic E-state index is 14.7. The highest BCUT2D eigenvalue weighted by molar-refractivity contribution is 6.30. The maximum atomic E-state index is 14.7. The molecule has 3 N–H and O–H groups in total. The zero-order valence-corrected chi connectivity index (χ0v) is 21.5. The van der Waals surface area contributed by atoms with Crippen LogP contribution in [0.1, 0.15) is 70.8 Å².